The summed E-state index contributed by atoms with van der Waals surface area (Å²) in [5, 5.41) is 13.0. The van der Waals surface area contributed by atoms with Gasteiger partial charge in [-0.1, -0.05) is 12.1 Å². The van der Waals surface area contributed by atoms with Crippen LogP contribution in [-0.2, 0) is 9.47 Å². The molecule has 0 radical (unpaired) electrons. The zero-order valence-electron chi connectivity index (χ0n) is 76.6. The maximum Gasteiger partial charge on any atom is 0.231 e. The number of hydrogen-bond donors (Lipinski definition) is 1. The first-order valence-electron chi connectivity index (χ1n) is 44.9. The predicted octanol–water partition coefficient (Wildman–Crippen LogP) is 26.6. The number of ether oxygens (including phenoxy) is 6. The van der Waals surface area contributed by atoms with Crippen LogP contribution in [0, 0.1) is 90.6 Å². The lowest BCUT2D eigenvalue weighted by molar-refractivity contribution is 0.0322. The van der Waals surface area contributed by atoms with Gasteiger partial charge < -0.3 is 33.5 Å². The lowest BCUT2D eigenvalue weighted by Crippen LogP contribution is -2.38. The molecule has 143 heavy (non-hydrogen) atoms. The Hall–Kier alpha value is -17.0. The van der Waals surface area contributed by atoms with Crippen molar-refractivity contribution in [2.24, 2.45) is 0 Å². The Balaban J connectivity index is 0.000000118. The van der Waals surface area contributed by atoms with Crippen LogP contribution in [0.25, 0.3) is 166 Å². The molecule has 30 heteroatoms. The van der Waals surface area contributed by atoms with Gasteiger partial charge in [-0.3, -0.25) is 54.7 Å². The Morgan fingerprint density at radius 2 is 0.615 bits per heavy atom. The van der Waals surface area contributed by atoms with E-state index in [0.717, 1.165) is 148 Å². The van der Waals surface area contributed by atoms with Gasteiger partial charge in [0.05, 0.1) is 70.0 Å². The molecule has 1 N–H and O–H groups in total. The van der Waals surface area contributed by atoms with Crippen molar-refractivity contribution < 1.29 is 86.2 Å². The van der Waals surface area contributed by atoms with Crippen LogP contribution < -0.4 is 18.9 Å². The van der Waals surface area contributed by atoms with E-state index in [1.807, 2.05) is 81.4 Å². The minimum absolute atomic E-state index is 0.0162. The monoisotopic (exact) mass is 1930 g/mol. The molecule has 20 aromatic rings. The number of aromatic hydroxyl groups is 1. The van der Waals surface area contributed by atoms with E-state index in [4.69, 9.17) is 28.4 Å². The summed E-state index contributed by atoms with van der Waals surface area (Å²) >= 11 is 0. The highest BCUT2D eigenvalue weighted by Crippen LogP contribution is 2.46. The first-order valence-corrected chi connectivity index (χ1v) is 44.9. The van der Waals surface area contributed by atoms with Gasteiger partial charge in [-0.15, -0.1) is 0 Å². The zero-order chi connectivity index (χ0) is 99.5. The number of benzene rings is 10. The van der Waals surface area contributed by atoms with E-state index in [1.165, 1.54) is 73.1 Å². The van der Waals surface area contributed by atoms with Crippen LogP contribution in [-0.4, -0.2) is 126 Å². The summed E-state index contributed by atoms with van der Waals surface area (Å²) in [5.74, 6) is -4.94. The van der Waals surface area contributed by atoms with Gasteiger partial charge in [-0.2, -0.15) is 0 Å². The van der Waals surface area contributed by atoms with Crippen LogP contribution in [0.2, 0.25) is 0 Å². The van der Waals surface area contributed by atoms with Crippen LogP contribution in [0.5, 0.6) is 28.7 Å². The maximum atomic E-state index is 14.5. The van der Waals surface area contributed by atoms with E-state index in [-0.39, 0.29) is 34.9 Å². The molecule has 0 unspecified atom stereocenters. The van der Waals surface area contributed by atoms with Crippen molar-refractivity contribution >= 4 is 54.5 Å². The predicted molar refractivity (Wildman–Crippen MR) is 524 cm³/mol. The quantitative estimate of drug-likeness (QED) is 0.0626. The number of pyridine rings is 10. The number of para-hydroxylation sites is 1. The SMILES string of the molecule is COCCOc1ccc(-c2nccc3c(-c4ccc(F)cc4F)ccnc23)c(C)c1.Cc1cc(O)ccc1-c1nccc2c(-c3ccc(F)cc3F)ccnc12.Cc1cc(OCCN2CCOCC2)ccc1-c1nccc2c(-c3ccc(F)cc3F)ccnc12.Fc1ccc(-c2ccnc3c(-c4c(F)cccc4F)nccc23)c(F)c1.Fc1ccc(-c2ccnc3c(-c4cccc5c4OCO5)nccc23)c(F)c1. The second kappa shape index (κ2) is 43.2. The number of aromatic nitrogens is 10. The number of morpholine rings is 1. The molecule has 12 heterocycles. The number of rotatable bonds is 18. The van der Waals surface area contributed by atoms with Gasteiger partial charge in [0.1, 0.15) is 112 Å². The summed E-state index contributed by atoms with van der Waals surface area (Å²) in [7, 11) is 1.63. The van der Waals surface area contributed by atoms with Crippen LogP contribution >= 0.6 is 0 Å². The number of aryl methyl sites for hydroxylation is 3. The van der Waals surface area contributed by atoms with Crippen LogP contribution in [0.4, 0.5) is 52.7 Å². The van der Waals surface area contributed by atoms with E-state index in [9.17, 15) is 57.8 Å². The molecule has 10 aromatic carbocycles. The summed E-state index contributed by atoms with van der Waals surface area (Å²) in [6.07, 6.45) is 15.8. The molecular formula is C113H81F12N11O7. The third kappa shape index (κ3) is 21.0. The summed E-state index contributed by atoms with van der Waals surface area (Å²) in [6.45, 7) is 11.9. The summed E-state index contributed by atoms with van der Waals surface area (Å²) in [6, 6.07) is 60.4. The van der Waals surface area contributed by atoms with E-state index in [2.05, 4.69) is 54.7 Å². The second-order valence-corrected chi connectivity index (χ2v) is 32.9. The average Bonchev–Trinajstić information content (AvgIpc) is 1.55. The number of hydrogen-bond acceptors (Lipinski definition) is 18. The van der Waals surface area contributed by atoms with Gasteiger partial charge in [0.2, 0.25) is 6.79 Å². The Morgan fingerprint density at radius 3 is 0.972 bits per heavy atom. The summed E-state index contributed by atoms with van der Waals surface area (Å²) in [5.41, 5.74) is 15.7. The van der Waals surface area contributed by atoms with Crippen molar-refractivity contribution in [3.63, 3.8) is 0 Å². The topological polar surface area (TPSA) is 208 Å². The van der Waals surface area contributed by atoms with Gasteiger partial charge in [0, 0.05) is 196 Å². The second-order valence-electron chi connectivity index (χ2n) is 32.9. The van der Waals surface area contributed by atoms with Crippen molar-refractivity contribution in [2.45, 2.75) is 20.8 Å². The normalized spacial score (nSPS) is 12.1. The lowest BCUT2D eigenvalue weighted by Gasteiger charge is -2.26. The summed E-state index contributed by atoms with van der Waals surface area (Å²) < 4.78 is 200. The van der Waals surface area contributed by atoms with Gasteiger partial charge in [0.15, 0.2) is 11.5 Å². The highest BCUT2D eigenvalue weighted by atomic mass is 19.2. The number of phenols is 1. The third-order valence-electron chi connectivity index (χ3n) is 24.0. The summed E-state index contributed by atoms with van der Waals surface area (Å²) in [4.78, 5) is 46.6. The average molecular weight is 1930 g/mol. The Bertz CT molecular complexity index is 8100. The number of nitrogens with zero attached hydrogens (tertiary/aromatic N) is 11. The highest BCUT2D eigenvalue weighted by molar-refractivity contribution is 6.06. The molecule has 0 aliphatic carbocycles. The van der Waals surface area contributed by atoms with Gasteiger partial charge in [-0.25, -0.2) is 52.7 Å². The minimum atomic E-state index is -0.773. The van der Waals surface area contributed by atoms with Crippen molar-refractivity contribution in [2.75, 3.05) is 66.6 Å². The zero-order valence-corrected chi connectivity index (χ0v) is 76.6. The first-order chi connectivity index (χ1) is 69.5. The van der Waals surface area contributed by atoms with Crippen LogP contribution in [0.1, 0.15) is 16.7 Å². The molecule has 10 aromatic heterocycles. The molecule has 0 amide bonds. The number of phenolic OH excluding ortho intramolecular Hbond substituents is 1. The molecule has 1 fully saturated rings. The molecule has 0 bridgehead atoms. The molecule has 0 spiro atoms. The third-order valence-corrected chi connectivity index (χ3v) is 24.0. The van der Waals surface area contributed by atoms with Gasteiger partial charge in [-0.05, 0) is 265 Å². The standard InChI is InChI=1S/C27H25F2N3O2.C24H20F2N2O2.C21H12F2N2O2.C21H14F2N2O.C20H10F4N2/c1-18-16-20(34-15-12-32-10-13-33-14-11-32)3-5-21(18)26-27-24(7-9-30-26)22(6-8-31-27)23-4-2-19(28)17-25(23)29;1-15-13-17(30-12-11-29-2)4-6-18(15)23-24-21(8-10-27-23)19(7-9-28-24)20-5-3-16(25)14-22(20)26;22-12-4-5-14(17(23)10-12)13-6-8-24-19-15(13)7-9-25-20(19)16-2-1-3-18-21(16)27-11-26-18;1-12-10-14(26)3-5-15(12)20-21-18(7-9-24-20)16(6-8-25-21)17-4-2-13(22)11-19(17)23;21-11-4-5-13(17(24)10-11)12-6-8-25-19-14(12)7-9-26-20(19)18-15(22)2-1-3-16(18)23/h2-9,16-17H,10-15H2,1H3;3-10,13-14H,11-12H2,1-2H3;1-10H,11H2;2-11,26H,1H3;1-10H. The lowest BCUT2D eigenvalue weighted by atomic mass is 9.98. The van der Waals surface area contributed by atoms with E-state index in [1.54, 1.807) is 129 Å². The largest absolute Gasteiger partial charge is 0.508 e. The minimum Gasteiger partial charge on any atom is -0.508 e. The first kappa shape index (κ1) is 96.3. The van der Waals surface area contributed by atoms with E-state index >= 15 is 0 Å². The van der Waals surface area contributed by atoms with Crippen molar-refractivity contribution in [1.82, 2.24) is 54.7 Å². The number of fused-ring (bicyclic) bond motifs is 6. The van der Waals surface area contributed by atoms with Crippen molar-refractivity contribution in [3.8, 4) is 141 Å². The number of methoxy groups -OCH3 is 1. The Kier molecular flexibility index (Phi) is 29.1. The molecular weight excluding hydrogens is 1850 g/mol. The fraction of sp³-hybridized carbons (Fsp3) is 0.115. The number of halogens is 12. The molecule has 2 aliphatic rings. The van der Waals surface area contributed by atoms with E-state index < -0.39 is 69.8 Å². The molecule has 18 nitrogen and oxygen atoms in total. The molecule has 0 atom stereocenters. The Labute approximate surface area is 810 Å². The molecule has 714 valence electrons. The molecule has 0 saturated carbocycles. The van der Waals surface area contributed by atoms with Crippen molar-refractivity contribution in [1.29, 1.82) is 0 Å². The molecule has 22 rings (SSSR count). The molecule has 1 saturated heterocycles. The Morgan fingerprint density at radius 1 is 0.294 bits per heavy atom. The van der Waals surface area contributed by atoms with Crippen LogP contribution in [0.3, 0.4) is 0 Å². The van der Waals surface area contributed by atoms with Gasteiger partial charge in [0.25, 0.3) is 0 Å². The van der Waals surface area contributed by atoms with Crippen molar-refractivity contribution in [3.05, 3.63) is 391 Å². The fourth-order valence-corrected chi connectivity index (χ4v) is 17.2. The maximum absolute atomic E-state index is 14.5. The molecule has 2 aliphatic heterocycles. The van der Waals surface area contributed by atoms with Crippen LogP contribution in [0.15, 0.2) is 305 Å². The van der Waals surface area contributed by atoms with Gasteiger partial charge >= 0.3 is 0 Å². The smallest absolute Gasteiger partial charge is 0.231 e. The van der Waals surface area contributed by atoms with E-state index in [0.29, 0.717) is 137 Å². The fourth-order valence-electron chi connectivity index (χ4n) is 17.2. The highest BCUT2D eigenvalue weighted by Gasteiger charge is 2.27.